The molecule has 0 radical (unpaired) electrons. The molecule has 0 aliphatic carbocycles. The van der Waals surface area contributed by atoms with E-state index in [1.54, 1.807) is 19.1 Å². The second-order valence-electron chi connectivity index (χ2n) is 6.78. The summed E-state index contributed by atoms with van der Waals surface area (Å²) in [5.74, 6) is 0.457. The summed E-state index contributed by atoms with van der Waals surface area (Å²) in [6.45, 7) is 6.57. The Labute approximate surface area is 175 Å². The number of esters is 2. The average molecular weight is 398 g/mol. The molecule has 0 aromatic heterocycles. The van der Waals surface area contributed by atoms with Gasteiger partial charge in [-0.05, 0) is 52.7 Å². The fourth-order valence-corrected chi connectivity index (χ4v) is 2.82. The normalized spacial score (nSPS) is 10.1. The van der Waals surface area contributed by atoms with Gasteiger partial charge >= 0.3 is 11.9 Å². The third kappa shape index (κ3) is 5.55. The van der Waals surface area contributed by atoms with Crippen LogP contribution < -0.4 is 9.47 Å². The Morgan fingerprint density at radius 2 is 1.07 bits per heavy atom. The molecule has 0 saturated heterocycles. The van der Waals surface area contributed by atoms with Crippen molar-refractivity contribution in [3.05, 3.63) is 97.1 Å². The number of carbonyl (C=O) groups excluding carboxylic acids is 2. The van der Waals surface area contributed by atoms with E-state index >= 15 is 0 Å². The summed E-state index contributed by atoms with van der Waals surface area (Å²) in [5.41, 5.74) is 0.396. The van der Waals surface area contributed by atoms with Crippen LogP contribution in [-0.2, 0) is 9.59 Å². The molecular weight excluding hydrogens is 376 g/mol. The van der Waals surface area contributed by atoms with Crippen LogP contribution >= 0.6 is 0 Å². The van der Waals surface area contributed by atoms with Gasteiger partial charge in [-0.3, -0.25) is 4.79 Å². The summed E-state index contributed by atoms with van der Waals surface area (Å²) < 4.78 is 10.1. The first kappa shape index (κ1) is 20.8. The van der Waals surface area contributed by atoms with E-state index in [0.29, 0.717) is 17.1 Å². The number of ether oxygens (including phenoxy) is 2. The monoisotopic (exact) mass is 398 g/mol. The number of benzene rings is 4. The lowest BCUT2D eigenvalue weighted by molar-refractivity contribution is -0.132. The maximum atomic E-state index is 11.3. The fraction of sp³-hybridized carbons (Fsp3) is 0.0769. The minimum absolute atomic E-state index is 0.291. The van der Waals surface area contributed by atoms with Crippen molar-refractivity contribution in [3.8, 4) is 11.5 Å². The Balaban J connectivity index is 0.000000172. The summed E-state index contributed by atoms with van der Waals surface area (Å²) >= 11 is 0. The van der Waals surface area contributed by atoms with Gasteiger partial charge in [-0.15, -0.1) is 0 Å². The van der Waals surface area contributed by atoms with Crippen molar-refractivity contribution >= 4 is 33.5 Å². The molecule has 0 amide bonds. The molecule has 0 spiro atoms. The molecule has 150 valence electrons. The van der Waals surface area contributed by atoms with Gasteiger partial charge in [0.25, 0.3) is 0 Å². The third-order valence-corrected chi connectivity index (χ3v) is 4.26. The van der Waals surface area contributed by atoms with E-state index in [0.717, 1.165) is 21.5 Å². The van der Waals surface area contributed by atoms with E-state index in [2.05, 4.69) is 6.58 Å². The number of rotatable bonds is 3. The molecule has 0 saturated carbocycles. The molecule has 4 aromatic carbocycles. The number of hydrogen-bond donors (Lipinski definition) is 0. The molecule has 4 heteroatoms. The average Bonchev–Trinajstić information content (AvgIpc) is 2.73. The fourth-order valence-electron chi connectivity index (χ4n) is 2.82. The molecule has 4 rings (SSSR count). The molecule has 4 nitrogen and oxygen atoms in total. The van der Waals surface area contributed by atoms with Crippen LogP contribution in [0.3, 0.4) is 0 Å². The van der Waals surface area contributed by atoms with Crippen LogP contribution in [-0.4, -0.2) is 11.9 Å². The van der Waals surface area contributed by atoms with Gasteiger partial charge in [0.1, 0.15) is 11.5 Å². The first-order valence-electron chi connectivity index (χ1n) is 9.46. The Morgan fingerprint density at radius 3 is 1.50 bits per heavy atom. The van der Waals surface area contributed by atoms with Crippen LogP contribution in [0.4, 0.5) is 0 Å². The van der Waals surface area contributed by atoms with E-state index in [4.69, 9.17) is 9.47 Å². The highest BCUT2D eigenvalue weighted by Gasteiger charge is 2.05. The molecule has 30 heavy (non-hydrogen) atoms. The number of fused-ring (bicyclic) bond motifs is 2. The summed E-state index contributed by atoms with van der Waals surface area (Å²) in [6, 6.07) is 27.0. The van der Waals surface area contributed by atoms with Gasteiger partial charge in [-0.25, -0.2) is 4.79 Å². The third-order valence-electron chi connectivity index (χ3n) is 4.26. The molecule has 0 bridgehead atoms. The smallest absolute Gasteiger partial charge is 0.338 e. The SMILES string of the molecule is C=C(C)C(=O)Oc1ccc2ccccc2c1.CC(=O)Oc1ccc2ccccc2c1. The van der Waals surface area contributed by atoms with Gasteiger partial charge in [0.15, 0.2) is 0 Å². The summed E-state index contributed by atoms with van der Waals surface area (Å²) in [5, 5.41) is 4.39. The van der Waals surface area contributed by atoms with Crippen LogP contribution in [0, 0.1) is 0 Å². The lowest BCUT2D eigenvalue weighted by Gasteiger charge is -2.04. The Morgan fingerprint density at radius 1 is 0.633 bits per heavy atom. The van der Waals surface area contributed by atoms with Crippen molar-refractivity contribution in [3.63, 3.8) is 0 Å². The second kappa shape index (κ2) is 9.52. The topological polar surface area (TPSA) is 52.6 Å². The predicted molar refractivity (Wildman–Crippen MR) is 120 cm³/mol. The highest BCUT2D eigenvalue weighted by atomic mass is 16.5. The Bertz CT molecular complexity index is 1220. The summed E-state index contributed by atoms with van der Waals surface area (Å²) in [7, 11) is 0. The summed E-state index contributed by atoms with van der Waals surface area (Å²) in [6.07, 6.45) is 0. The molecule has 0 N–H and O–H groups in total. The predicted octanol–water partition coefficient (Wildman–Crippen LogP) is 6.09. The lowest BCUT2D eigenvalue weighted by Crippen LogP contribution is -2.07. The van der Waals surface area contributed by atoms with E-state index in [-0.39, 0.29) is 5.97 Å². The maximum absolute atomic E-state index is 11.3. The molecule has 0 aliphatic rings. The van der Waals surface area contributed by atoms with Crippen LogP contribution in [0.15, 0.2) is 97.1 Å². The van der Waals surface area contributed by atoms with Crippen LogP contribution in [0.2, 0.25) is 0 Å². The first-order chi connectivity index (χ1) is 14.4. The van der Waals surface area contributed by atoms with Crippen molar-refractivity contribution in [1.82, 2.24) is 0 Å². The van der Waals surface area contributed by atoms with E-state index < -0.39 is 5.97 Å². The molecule has 0 fully saturated rings. The molecule has 0 heterocycles. The van der Waals surface area contributed by atoms with E-state index in [1.807, 2.05) is 72.8 Å². The van der Waals surface area contributed by atoms with Crippen molar-refractivity contribution in [2.45, 2.75) is 13.8 Å². The zero-order valence-electron chi connectivity index (χ0n) is 16.9. The van der Waals surface area contributed by atoms with Crippen molar-refractivity contribution < 1.29 is 19.1 Å². The van der Waals surface area contributed by atoms with Crippen molar-refractivity contribution in [1.29, 1.82) is 0 Å². The highest BCUT2D eigenvalue weighted by Crippen LogP contribution is 2.21. The molecular formula is C26H22O4. The standard InChI is InChI=1S/C14H12O2.C12H10O2/c1-10(2)14(15)16-13-8-7-11-5-3-4-6-12(11)9-13;1-9(13)14-12-7-6-10-4-2-3-5-11(10)8-12/h3-9H,1H2,2H3;2-8H,1H3. The van der Waals surface area contributed by atoms with Crippen LogP contribution in [0.1, 0.15) is 13.8 Å². The maximum Gasteiger partial charge on any atom is 0.338 e. The van der Waals surface area contributed by atoms with E-state index in [1.165, 1.54) is 6.92 Å². The van der Waals surface area contributed by atoms with Gasteiger partial charge < -0.3 is 9.47 Å². The van der Waals surface area contributed by atoms with Gasteiger partial charge in [0.05, 0.1) is 0 Å². The quantitative estimate of drug-likeness (QED) is 0.238. The van der Waals surface area contributed by atoms with Gasteiger partial charge in [0.2, 0.25) is 0 Å². The molecule has 0 aliphatic heterocycles. The zero-order valence-corrected chi connectivity index (χ0v) is 16.9. The van der Waals surface area contributed by atoms with Crippen LogP contribution in [0.5, 0.6) is 11.5 Å². The van der Waals surface area contributed by atoms with Gasteiger partial charge in [0, 0.05) is 12.5 Å². The lowest BCUT2D eigenvalue weighted by atomic mass is 10.1. The van der Waals surface area contributed by atoms with Crippen LogP contribution in [0.25, 0.3) is 21.5 Å². The number of carbonyl (C=O) groups is 2. The summed E-state index contributed by atoms with van der Waals surface area (Å²) in [4.78, 5) is 22.1. The largest absolute Gasteiger partial charge is 0.427 e. The highest BCUT2D eigenvalue weighted by molar-refractivity contribution is 5.90. The van der Waals surface area contributed by atoms with Crippen molar-refractivity contribution in [2.24, 2.45) is 0 Å². The molecule has 0 atom stereocenters. The minimum Gasteiger partial charge on any atom is -0.427 e. The first-order valence-corrected chi connectivity index (χ1v) is 9.46. The van der Waals surface area contributed by atoms with Crippen molar-refractivity contribution in [2.75, 3.05) is 0 Å². The van der Waals surface area contributed by atoms with Gasteiger partial charge in [-0.1, -0.05) is 67.2 Å². The Kier molecular flexibility index (Phi) is 6.60. The zero-order chi connectivity index (χ0) is 21.5. The second-order valence-corrected chi connectivity index (χ2v) is 6.78. The van der Waals surface area contributed by atoms with Gasteiger partial charge in [-0.2, -0.15) is 0 Å². The van der Waals surface area contributed by atoms with E-state index in [9.17, 15) is 9.59 Å². The number of hydrogen-bond acceptors (Lipinski definition) is 4. The Hall–Kier alpha value is -3.92. The molecule has 0 unspecified atom stereocenters. The molecule has 4 aromatic rings. The minimum atomic E-state index is -0.393.